The number of nitrogens with zero attached hydrogens (tertiary/aromatic N) is 1. The van der Waals surface area contributed by atoms with Gasteiger partial charge in [0.05, 0.1) is 11.6 Å². The molecule has 3 rings (SSSR count). The zero-order valence-corrected chi connectivity index (χ0v) is 14.4. The third-order valence-corrected chi connectivity index (χ3v) is 4.40. The third kappa shape index (κ3) is 4.35. The van der Waals surface area contributed by atoms with Gasteiger partial charge in [-0.1, -0.05) is 13.0 Å². The highest BCUT2D eigenvalue weighted by atomic mass is 19.4. The Balaban J connectivity index is 1.87. The molecule has 9 heteroatoms. The van der Waals surface area contributed by atoms with Crippen LogP contribution in [0.3, 0.4) is 0 Å². The fraction of sp³-hybridized carbons (Fsp3) is 0.389. The van der Waals surface area contributed by atoms with E-state index in [0.29, 0.717) is 18.3 Å². The first-order chi connectivity index (χ1) is 12.7. The quantitative estimate of drug-likeness (QED) is 0.778. The molecule has 0 bridgehead atoms. The zero-order chi connectivity index (χ0) is 19.8. The van der Waals surface area contributed by atoms with E-state index in [4.69, 9.17) is 0 Å². The first kappa shape index (κ1) is 19.1. The molecule has 144 valence electrons. The summed E-state index contributed by atoms with van der Waals surface area (Å²) >= 11 is 0. The summed E-state index contributed by atoms with van der Waals surface area (Å²) < 4.78 is 52.1. The van der Waals surface area contributed by atoms with Crippen molar-refractivity contribution in [3.05, 3.63) is 63.1 Å². The first-order valence-electron chi connectivity index (χ1n) is 8.46. The second-order valence-corrected chi connectivity index (χ2v) is 6.46. The van der Waals surface area contributed by atoms with Gasteiger partial charge in [0, 0.05) is 12.5 Å². The predicted molar refractivity (Wildman–Crippen MR) is 88.6 cm³/mol. The van der Waals surface area contributed by atoms with Crippen LogP contribution in [-0.2, 0) is 12.6 Å². The molecule has 0 unspecified atom stereocenters. The highest BCUT2D eigenvalue weighted by Crippen LogP contribution is 2.42. The van der Waals surface area contributed by atoms with Crippen molar-refractivity contribution in [2.75, 3.05) is 0 Å². The lowest BCUT2D eigenvalue weighted by Gasteiger charge is -2.20. The monoisotopic (exact) mass is 383 g/mol. The predicted octanol–water partition coefficient (Wildman–Crippen LogP) is 3.37. The van der Waals surface area contributed by atoms with E-state index in [9.17, 15) is 27.2 Å². The van der Waals surface area contributed by atoms with Crippen LogP contribution in [0.4, 0.5) is 17.6 Å². The fourth-order valence-electron chi connectivity index (χ4n) is 2.86. The van der Waals surface area contributed by atoms with Crippen molar-refractivity contribution in [1.82, 2.24) is 15.3 Å². The maximum absolute atomic E-state index is 13.9. The van der Waals surface area contributed by atoms with Gasteiger partial charge in [-0.25, -0.2) is 9.37 Å². The lowest BCUT2D eigenvalue weighted by atomic mass is 10.00. The first-order valence-corrected chi connectivity index (χ1v) is 8.46. The summed E-state index contributed by atoms with van der Waals surface area (Å²) in [6.45, 7) is 1.76. The van der Waals surface area contributed by atoms with Crippen molar-refractivity contribution < 1.29 is 22.4 Å². The van der Waals surface area contributed by atoms with E-state index in [1.165, 1.54) is 0 Å². The topological polar surface area (TPSA) is 74.8 Å². The summed E-state index contributed by atoms with van der Waals surface area (Å²) in [5.74, 6) is -1.68. The third-order valence-electron chi connectivity index (χ3n) is 4.40. The maximum Gasteiger partial charge on any atom is 0.419 e. The summed E-state index contributed by atoms with van der Waals surface area (Å²) in [4.78, 5) is 30.7. The number of H-pyrrole nitrogens is 1. The summed E-state index contributed by atoms with van der Waals surface area (Å²) in [7, 11) is 0. The van der Waals surface area contributed by atoms with Crippen molar-refractivity contribution in [3.63, 3.8) is 0 Å². The van der Waals surface area contributed by atoms with Crippen LogP contribution in [0.15, 0.2) is 29.1 Å². The molecule has 1 fully saturated rings. The van der Waals surface area contributed by atoms with E-state index in [0.717, 1.165) is 31.0 Å². The molecule has 2 aromatic rings. The molecule has 1 aliphatic carbocycles. The molecule has 5 nitrogen and oxygen atoms in total. The smallest absolute Gasteiger partial charge is 0.344 e. The van der Waals surface area contributed by atoms with Crippen molar-refractivity contribution >= 4 is 5.91 Å². The molecule has 1 aromatic carbocycles. The Morgan fingerprint density at radius 2 is 2.04 bits per heavy atom. The Labute approximate surface area is 151 Å². The van der Waals surface area contributed by atoms with Crippen molar-refractivity contribution in [3.8, 4) is 0 Å². The van der Waals surface area contributed by atoms with Crippen LogP contribution in [0, 0.1) is 11.7 Å². The van der Waals surface area contributed by atoms with Gasteiger partial charge in [0.2, 0.25) is 0 Å². The number of aromatic nitrogens is 2. The zero-order valence-electron chi connectivity index (χ0n) is 14.4. The Morgan fingerprint density at radius 1 is 1.33 bits per heavy atom. The van der Waals surface area contributed by atoms with Crippen LogP contribution in [0.25, 0.3) is 0 Å². The van der Waals surface area contributed by atoms with Gasteiger partial charge in [-0.3, -0.25) is 9.59 Å². The molecule has 1 aromatic heterocycles. The van der Waals surface area contributed by atoms with Gasteiger partial charge in [0.1, 0.15) is 17.3 Å². The van der Waals surface area contributed by atoms with Crippen LogP contribution in [0.1, 0.15) is 53.2 Å². The SMILES string of the molecule is CCc1nc(C(=O)N[C@@H](c2ccc(C(F)(F)F)c(F)c2)C2CC2)cc(=O)[nH]1. The number of carbonyl (C=O) groups is 1. The van der Waals surface area contributed by atoms with Gasteiger partial charge in [0.15, 0.2) is 0 Å². The fourth-order valence-corrected chi connectivity index (χ4v) is 2.86. The van der Waals surface area contributed by atoms with E-state index in [2.05, 4.69) is 15.3 Å². The molecule has 0 saturated heterocycles. The van der Waals surface area contributed by atoms with Crippen LogP contribution < -0.4 is 10.9 Å². The van der Waals surface area contributed by atoms with E-state index in [1.54, 1.807) is 6.92 Å². The molecule has 0 radical (unpaired) electrons. The number of alkyl halides is 3. The minimum Gasteiger partial charge on any atom is -0.344 e. The highest BCUT2D eigenvalue weighted by molar-refractivity contribution is 5.92. The normalized spacial score (nSPS) is 15.4. The van der Waals surface area contributed by atoms with Gasteiger partial charge < -0.3 is 10.3 Å². The van der Waals surface area contributed by atoms with Crippen LogP contribution >= 0.6 is 0 Å². The number of hydrogen-bond donors (Lipinski definition) is 2. The van der Waals surface area contributed by atoms with Crippen LogP contribution in [0.5, 0.6) is 0 Å². The number of benzene rings is 1. The number of rotatable bonds is 5. The second-order valence-electron chi connectivity index (χ2n) is 6.46. The Hall–Kier alpha value is -2.71. The highest BCUT2D eigenvalue weighted by Gasteiger charge is 2.37. The van der Waals surface area contributed by atoms with E-state index in [1.807, 2.05) is 0 Å². The molecular weight excluding hydrogens is 366 g/mol. The molecule has 1 heterocycles. The van der Waals surface area contributed by atoms with Crippen LogP contribution in [-0.4, -0.2) is 15.9 Å². The van der Waals surface area contributed by atoms with Gasteiger partial charge in [-0.2, -0.15) is 13.2 Å². The van der Waals surface area contributed by atoms with Crippen molar-refractivity contribution in [2.45, 2.75) is 38.4 Å². The summed E-state index contributed by atoms with van der Waals surface area (Å²) in [6, 6.07) is 3.03. The number of carbonyl (C=O) groups excluding carboxylic acids is 1. The number of aromatic amines is 1. The molecule has 2 N–H and O–H groups in total. The maximum atomic E-state index is 13.9. The largest absolute Gasteiger partial charge is 0.419 e. The number of hydrogen-bond acceptors (Lipinski definition) is 3. The lowest BCUT2D eigenvalue weighted by molar-refractivity contribution is -0.140. The van der Waals surface area contributed by atoms with E-state index >= 15 is 0 Å². The molecule has 27 heavy (non-hydrogen) atoms. The summed E-state index contributed by atoms with van der Waals surface area (Å²) in [5.41, 5.74) is -1.67. The number of amides is 1. The lowest BCUT2D eigenvalue weighted by Crippen LogP contribution is -2.32. The molecule has 0 aliphatic heterocycles. The summed E-state index contributed by atoms with van der Waals surface area (Å²) in [6.07, 6.45) is -2.84. The standard InChI is InChI=1S/C18H17F4N3O2/c1-2-14-23-13(8-15(26)24-14)17(27)25-16(9-3-4-9)10-5-6-11(12(19)7-10)18(20,21)22/h5-9,16H,2-4H2,1H3,(H,25,27)(H,23,24,26)/t16-/m1/s1. The van der Waals surface area contributed by atoms with Gasteiger partial charge >= 0.3 is 6.18 Å². The van der Waals surface area contributed by atoms with E-state index in [-0.39, 0.29) is 17.2 Å². The molecule has 1 atom stereocenters. The molecule has 0 spiro atoms. The Bertz CT molecular complexity index is 920. The van der Waals surface area contributed by atoms with Crippen molar-refractivity contribution in [1.29, 1.82) is 0 Å². The van der Waals surface area contributed by atoms with Gasteiger partial charge in [-0.15, -0.1) is 0 Å². The van der Waals surface area contributed by atoms with Gasteiger partial charge in [0.25, 0.3) is 11.5 Å². The molecular formula is C18H17F4N3O2. The molecule has 1 amide bonds. The average molecular weight is 383 g/mol. The number of nitrogens with one attached hydrogen (secondary N) is 2. The second kappa shape index (κ2) is 7.13. The number of halogens is 4. The number of aryl methyl sites for hydroxylation is 1. The summed E-state index contributed by atoms with van der Waals surface area (Å²) in [5, 5.41) is 2.67. The van der Waals surface area contributed by atoms with Crippen molar-refractivity contribution in [2.24, 2.45) is 5.92 Å². The molecule has 1 aliphatic rings. The van der Waals surface area contributed by atoms with E-state index < -0.39 is 35.1 Å². The van der Waals surface area contributed by atoms with Gasteiger partial charge in [-0.05, 0) is 36.5 Å². The minimum atomic E-state index is -4.79. The van der Waals surface area contributed by atoms with Crippen LogP contribution in [0.2, 0.25) is 0 Å². The Kier molecular flexibility index (Phi) is 5.03. The minimum absolute atomic E-state index is 0.00210. The average Bonchev–Trinajstić information content (AvgIpc) is 3.42. The molecule has 1 saturated carbocycles. The Morgan fingerprint density at radius 3 is 2.59 bits per heavy atom.